The summed E-state index contributed by atoms with van der Waals surface area (Å²) in [5.74, 6) is -0.874. The molecule has 0 N–H and O–H groups in total. The average molecular weight is 437 g/mol. The maximum absolute atomic E-state index is 14.7. The van der Waals surface area contributed by atoms with E-state index in [1.807, 2.05) is 0 Å². The number of ether oxygens (including phenoxy) is 2. The Labute approximate surface area is 179 Å². The third-order valence-electron chi connectivity index (χ3n) is 5.80. The van der Waals surface area contributed by atoms with Gasteiger partial charge in [0.25, 0.3) is 0 Å². The molecule has 1 fully saturated rings. The van der Waals surface area contributed by atoms with E-state index < -0.39 is 17.7 Å². The van der Waals surface area contributed by atoms with Crippen LogP contribution in [0.5, 0.6) is 5.75 Å². The molecule has 0 bridgehead atoms. The molecule has 1 heterocycles. The lowest BCUT2D eigenvalue weighted by molar-refractivity contribution is -0.186. The molecule has 2 atom stereocenters. The van der Waals surface area contributed by atoms with E-state index in [2.05, 4.69) is 13.0 Å². The largest absolute Gasteiger partial charge is 0.426 e. The summed E-state index contributed by atoms with van der Waals surface area (Å²) in [6, 6.07) is 8.64. The van der Waals surface area contributed by atoms with Gasteiger partial charge < -0.3 is 9.47 Å². The molecule has 2 unspecified atom stereocenters. The summed E-state index contributed by atoms with van der Waals surface area (Å²) in [6.07, 6.45) is 3.78. The first-order chi connectivity index (χ1) is 14.4. The highest BCUT2D eigenvalue weighted by Gasteiger charge is 2.37. The van der Waals surface area contributed by atoms with Crippen LogP contribution >= 0.6 is 11.6 Å². The fourth-order valence-corrected chi connectivity index (χ4v) is 4.28. The van der Waals surface area contributed by atoms with E-state index in [9.17, 15) is 13.2 Å². The molecule has 1 aliphatic heterocycles. The molecule has 4 rings (SSSR count). The number of alkyl halides is 2. The lowest BCUT2D eigenvalue weighted by Gasteiger charge is -2.22. The SMILES string of the molecule is CCCC1CC=C(c2ccc(C(F)(F)Oc3ccc(C4CO4)c(Cl)c3F)cc2)CC1. The Morgan fingerprint density at radius 3 is 2.50 bits per heavy atom. The number of benzene rings is 2. The fraction of sp³-hybridized carbons (Fsp3) is 0.417. The summed E-state index contributed by atoms with van der Waals surface area (Å²) in [4.78, 5) is 0. The predicted octanol–water partition coefficient (Wildman–Crippen LogP) is 7.66. The number of epoxide rings is 1. The Bertz CT molecular complexity index is 936. The van der Waals surface area contributed by atoms with Crippen LogP contribution in [0, 0.1) is 11.7 Å². The van der Waals surface area contributed by atoms with Crippen molar-refractivity contribution < 1.29 is 22.6 Å². The summed E-state index contributed by atoms with van der Waals surface area (Å²) < 4.78 is 53.6. The molecule has 2 aliphatic rings. The Morgan fingerprint density at radius 2 is 1.90 bits per heavy atom. The molecule has 6 heteroatoms. The summed E-state index contributed by atoms with van der Waals surface area (Å²) >= 11 is 5.96. The zero-order valence-electron chi connectivity index (χ0n) is 16.8. The standard InChI is InChI=1S/C24H24ClF3O2/c1-2-3-15-4-6-16(7-5-15)17-8-10-18(11-9-17)24(27,28)30-20-13-12-19(21-14-29-21)22(25)23(20)26/h6,8-13,15,21H,2-5,7,14H2,1H3. The van der Waals surface area contributed by atoms with Crippen molar-refractivity contribution in [2.75, 3.05) is 6.61 Å². The highest BCUT2D eigenvalue weighted by molar-refractivity contribution is 6.31. The summed E-state index contributed by atoms with van der Waals surface area (Å²) in [7, 11) is 0. The second kappa shape index (κ2) is 8.64. The van der Waals surface area contributed by atoms with Gasteiger partial charge in [-0.15, -0.1) is 0 Å². The van der Waals surface area contributed by atoms with Crippen molar-refractivity contribution in [1.82, 2.24) is 0 Å². The average Bonchev–Trinajstić information content (AvgIpc) is 3.58. The first-order valence-electron chi connectivity index (χ1n) is 10.3. The molecule has 1 saturated heterocycles. The van der Waals surface area contributed by atoms with Gasteiger partial charge in [0.2, 0.25) is 0 Å². The second-order valence-electron chi connectivity index (χ2n) is 7.96. The summed E-state index contributed by atoms with van der Waals surface area (Å²) in [5.41, 5.74) is 2.23. The van der Waals surface area contributed by atoms with E-state index in [-0.39, 0.29) is 16.7 Å². The van der Waals surface area contributed by atoms with E-state index in [1.165, 1.54) is 42.7 Å². The van der Waals surface area contributed by atoms with Crippen molar-refractivity contribution in [1.29, 1.82) is 0 Å². The minimum Gasteiger partial charge on any atom is -0.426 e. The van der Waals surface area contributed by atoms with Crippen molar-refractivity contribution in [2.45, 2.75) is 51.2 Å². The highest BCUT2D eigenvalue weighted by atomic mass is 35.5. The Kier molecular flexibility index (Phi) is 6.12. The Morgan fingerprint density at radius 1 is 1.17 bits per heavy atom. The molecule has 0 amide bonds. The zero-order valence-corrected chi connectivity index (χ0v) is 17.5. The Hall–Kier alpha value is -1.98. The molecule has 160 valence electrons. The van der Waals surface area contributed by atoms with E-state index in [1.54, 1.807) is 12.1 Å². The van der Waals surface area contributed by atoms with Crippen molar-refractivity contribution in [2.24, 2.45) is 5.92 Å². The molecule has 0 spiro atoms. The molecule has 2 aromatic carbocycles. The highest BCUT2D eigenvalue weighted by Crippen LogP contribution is 2.41. The number of rotatable bonds is 7. The van der Waals surface area contributed by atoms with Gasteiger partial charge in [-0.2, -0.15) is 8.78 Å². The van der Waals surface area contributed by atoms with Crippen molar-refractivity contribution in [3.05, 3.63) is 70.0 Å². The van der Waals surface area contributed by atoms with Crippen LogP contribution in [-0.2, 0) is 10.8 Å². The zero-order chi connectivity index (χ0) is 21.3. The lowest BCUT2D eigenvalue weighted by atomic mass is 9.84. The van der Waals surface area contributed by atoms with E-state index in [0.717, 1.165) is 30.7 Å². The summed E-state index contributed by atoms with van der Waals surface area (Å²) in [5, 5.41) is -0.244. The minimum atomic E-state index is -3.69. The molecule has 0 radical (unpaired) electrons. The lowest BCUT2D eigenvalue weighted by Crippen LogP contribution is -2.22. The fourth-order valence-electron chi connectivity index (χ4n) is 4.00. The molecule has 0 aromatic heterocycles. The van der Waals surface area contributed by atoms with Crippen LogP contribution in [0.4, 0.5) is 13.2 Å². The van der Waals surface area contributed by atoms with Crippen LogP contribution in [0.3, 0.4) is 0 Å². The monoisotopic (exact) mass is 436 g/mol. The van der Waals surface area contributed by atoms with E-state index in [0.29, 0.717) is 12.2 Å². The molecular weight excluding hydrogens is 413 g/mol. The van der Waals surface area contributed by atoms with Gasteiger partial charge in [-0.05, 0) is 54.5 Å². The normalized spacial score (nSPS) is 21.3. The van der Waals surface area contributed by atoms with Crippen LogP contribution in [0.2, 0.25) is 5.02 Å². The summed E-state index contributed by atoms with van der Waals surface area (Å²) in [6.45, 7) is 2.63. The van der Waals surface area contributed by atoms with Gasteiger partial charge in [-0.3, -0.25) is 0 Å². The predicted molar refractivity (Wildman–Crippen MR) is 111 cm³/mol. The van der Waals surface area contributed by atoms with Gasteiger partial charge in [0.15, 0.2) is 11.6 Å². The maximum atomic E-state index is 14.7. The van der Waals surface area contributed by atoms with Crippen LogP contribution in [-0.4, -0.2) is 6.61 Å². The van der Waals surface area contributed by atoms with Crippen LogP contribution in [0.1, 0.15) is 61.8 Å². The third kappa shape index (κ3) is 4.52. The van der Waals surface area contributed by atoms with Crippen LogP contribution < -0.4 is 4.74 Å². The number of allylic oxidation sites excluding steroid dienone is 2. The van der Waals surface area contributed by atoms with Gasteiger partial charge in [0.1, 0.15) is 6.10 Å². The van der Waals surface area contributed by atoms with Gasteiger partial charge >= 0.3 is 6.11 Å². The molecule has 30 heavy (non-hydrogen) atoms. The van der Waals surface area contributed by atoms with E-state index >= 15 is 0 Å². The quantitative estimate of drug-likeness (QED) is 0.415. The van der Waals surface area contributed by atoms with Crippen molar-refractivity contribution >= 4 is 17.2 Å². The van der Waals surface area contributed by atoms with Crippen LogP contribution in [0.15, 0.2) is 42.5 Å². The molecule has 0 saturated carbocycles. The first kappa shape index (κ1) is 21.3. The first-order valence-corrected chi connectivity index (χ1v) is 10.7. The molecule has 2 aromatic rings. The molecule has 1 aliphatic carbocycles. The molecular formula is C24H24ClF3O2. The van der Waals surface area contributed by atoms with Crippen LogP contribution in [0.25, 0.3) is 5.57 Å². The second-order valence-corrected chi connectivity index (χ2v) is 8.34. The van der Waals surface area contributed by atoms with Gasteiger partial charge in [0, 0.05) is 5.56 Å². The minimum absolute atomic E-state index is 0.244. The molecule has 2 nitrogen and oxygen atoms in total. The van der Waals surface area contributed by atoms with Gasteiger partial charge in [0.05, 0.1) is 17.2 Å². The number of hydrogen-bond acceptors (Lipinski definition) is 2. The number of hydrogen-bond donors (Lipinski definition) is 0. The maximum Gasteiger partial charge on any atom is 0.426 e. The van der Waals surface area contributed by atoms with Crippen molar-refractivity contribution in [3.8, 4) is 5.75 Å². The third-order valence-corrected chi connectivity index (χ3v) is 6.19. The Balaban J connectivity index is 1.48. The number of halogens is 4. The van der Waals surface area contributed by atoms with E-state index in [4.69, 9.17) is 21.1 Å². The van der Waals surface area contributed by atoms with Crippen molar-refractivity contribution in [3.63, 3.8) is 0 Å². The topological polar surface area (TPSA) is 21.8 Å². The van der Waals surface area contributed by atoms with Gasteiger partial charge in [-0.25, -0.2) is 4.39 Å². The smallest absolute Gasteiger partial charge is 0.426 e. The van der Waals surface area contributed by atoms with Gasteiger partial charge in [-0.1, -0.05) is 55.6 Å².